The minimum atomic E-state index is 1.000. The number of hydrogen-bond acceptors (Lipinski definition) is 2. The Morgan fingerprint density at radius 2 is 1.19 bits per heavy atom. The van der Waals surface area contributed by atoms with Gasteiger partial charge in [0, 0.05) is 9.79 Å². The maximum Gasteiger partial charge on any atom is 0.00426 e. The van der Waals surface area contributed by atoms with Gasteiger partial charge in [0.1, 0.15) is 0 Å². The molecule has 0 aliphatic rings. The van der Waals surface area contributed by atoms with Crippen LogP contribution < -0.4 is 0 Å². The van der Waals surface area contributed by atoms with E-state index in [0.29, 0.717) is 0 Å². The highest BCUT2D eigenvalue weighted by Gasteiger charge is 1.94. The largest absolute Gasteiger partial charge is 0.143 e. The quantitative estimate of drug-likeness (QED) is 0.512. The average molecular weight is 310 g/mol. The topological polar surface area (TPSA) is 0 Å². The molecule has 0 saturated heterocycles. The van der Waals surface area contributed by atoms with E-state index in [2.05, 4.69) is 62.5 Å². The maximum atomic E-state index is 4.24. The van der Waals surface area contributed by atoms with Crippen LogP contribution in [-0.2, 0) is 0 Å². The molecule has 0 aliphatic carbocycles. The Labute approximate surface area is 137 Å². The van der Waals surface area contributed by atoms with Gasteiger partial charge in [0.25, 0.3) is 0 Å². The molecule has 0 unspecified atom stereocenters. The van der Waals surface area contributed by atoms with Gasteiger partial charge in [-0.3, -0.25) is 0 Å². The molecule has 0 fully saturated rings. The summed E-state index contributed by atoms with van der Waals surface area (Å²) in [5.74, 6) is 0. The molecule has 21 heavy (non-hydrogen) atoms. The number of hydrogen-bond donors (Lipinski definition) is 2. The fourth-order valence-corrected chi connectivity index (χ4v) is 2.35. The van der Waals surface area contributed by atoms with Gasteiger partial charge >= 0.3 is 0 Å². The molecule has 3 aromatic carbocycles. The summed E-state index contributed by atoms with van der Waals surface area (Å²) in [6.45, 7) is 2.06. The molecule has 0 N–H and O–H groups in total. The van der Waals surface area contributed by atoms with Crippen molar-refractivity contribution in [3.8, 4) is 11.1 Å². The maximum absolute atomic E-state index is 4.24. The molecule has 2 heteroatoms. The summed E-state index contributed by atoms with van der Waals surface area (Å²) in [5, 5.41) is 0. The van der Waals surface area contributed by atoms with E-state index in [-0.39, 0.29) is 0 Å². The van der Waals surface area contributed by atoms with Gasteiger partial charge in [0.05, 0.1) is 0 Å². The van der Waals surface area contributed by atoms with E-state index >= 15 is 0 Å². The lowest BCUT2D eigenvalue weighted by Gasteiger charge is -2.00. The van der Waals surface area contributed by atoms with Gasteiger partial charge in [-0.25, -0.2) is 0 Å². The van der Waals surface area contributed by atoms with Crippen LogP contribution in [-0.4, -0.2) is 0 Å². The molecule has 0 bridgehead atoms. The highest BCUT2D eigenvalue weighted by molar-refractivity contribution is 7.80. The van der Waals surface area contributed by atoms with E-state index in [0.717, 1.165) is 9.79 Å². The van der Waals surface area contributed by atoms with Gasteiger partial charge in [-0.1, -0.05) is 60.2 Å². The summed E-state index contributed by atoms with van der Waals surface area (Å²) < 4.78 is 0. The average Bonchev–Trinajstić information content (AvgIpc) is 2.49. The molecule has 3 aromatic rings. The first-order valence-electron chi connectivity index (χ1n) is 6.75. The third-order valence-electron chi connectivity index (χ3n) is 2.98. The van der Waals surface area contributed by atoms with Gasteiger partial charge in [-0.05, 0) is 42.3 Å². The number of benzene rings is 3. The summed E-state index contributed by atoms with van der Waals surface area (Å²) in [5.41, 5.74) is 3.74. The summed E-state index contributed by atoms with van der Waals surface area (Å²) in [4.78, 5) is 2.03. The zero-order valence-electron chi connectivity index (χ0n) is 11.9. The Bertz CT molecular complexity index is 656. The fourth-order valence-electron chi connectivity index (χ4n) is 1.91. The Morgan fingerprint density at radius 1 is 0.571 bits per heavy atom. The van der Waals surface area contributed by atoms with Gasteiger partial charge < -0.3 is 0 Å². The van der Waals surface area contributed by atoms with E-state index in [1.54, 1.807) is 0 Å². The number of aryl methyl sites for hydroxylation is 1. The lowest BCUT2D eigenvalue weighted by Crippen LogP contribution is -1.75. The van der Waals surface area contributed by atoms with Crippen molar-refractivity contribution in [3.63, 3.8) is 0 Å². The highest BCUT2D eigenvalue weighted by atomic mass is 32.1. The molecule has 0 heterocycles. The monoisotopic (exact) mass is 310 g/mol. The van der Waals surface area contributed by atoms with E-state index < -0.39 is 0 Å². The lowest BCUT2D eigenvalue weighted by atomic mass is 10.1. The predicted molar refractivity (Wildman–Crippen MR) is 97.6 cm³/mol. The first kappa shape index (κ1) is 15.7. The molecule has 0 saturated carbocycles. The third kappa shape index (κ3) is 5.33. The highest BCUT2D eigenvalue weighted by Crippen LogP contribution is 2.19. The second kappa shape index (κ2) is 7.96. The fraction of sp³-hybridized carbons (Fsp3) is 0.0526. The van der Waals surface area contributed by atoms with Gasteiger partial charge in [-0.15, -0.1) is 25.3 Å². The van der Waals surface area contributed by atoms with Crippen molar-refractivity contribution in [2.24, 2.45) is 0 Å². The van der Waals surface area contributed by atoms with Crippen molar-refractivity contribution < 1.29 is 0 Å². The molecular weight excluding hydrogens is 292 g/mol. The van der Waals surface area contributed by atoms with Crippen LogP contribution in [0.5, 0.6) is 0 Å². The summed E-state index contributed by atoms with van der Waals surface area (Å²) in [6, 6.07) is 26.5. The first-order valence-corrected chi connectivity index (χ1v) is 7.65. The molecule has 0 nitrogen and oxygen atoms in total. The standard InChI is InChI=1S/C12H10S.C7H8S/c13-12-8-6-11(7-9-12)10-4-2-1-3-5-10;1-6-3-2-4-7(8)5-6/h1-9,13H;2-5,8H,1H3. The van der Waals surface area contributed by atoms with Crippen LogP contribution in [0.2, 0.25) is 0 Å². The molecule has 106 valence electrons. The summed E-state index contributed by atoms with van der Waals surface area (Å²) in [6.07, 6.45) is 0. The molecule has 0 aliphatic heterocycles. The van der Waals surface area contributed by atoms with E-state index in [1.165, 1.54) is 16.7 Å². The molecule has 3 rings (SSSR count). The van der Waals surface area contributed by atoms with E-state index in [1.807, 2.05) is 48.5 Å². The minimum Gasteiger partial charge on any atom is -0.143 e. The number of rotatable bonds is 1. The van der Waals surface area contributed by atoms with E-state index in [4.69, 9.17) is 0 Å². The van der Waals surface area contributed by atoms with Crippen LogP contribution in [0.25, 0.3) is 11.1 Å². The van der Waals surface area contributed by atoms with Crippen LogP contribution in [0, 0.1) is 6.92 Å². The minimum absolute atomic E-state index is 1.000. The van der Waals surface area contributed by atoms with Gasteiger partial charge in [-0.2, -0.15) is 0 Å². The zero-order valence-corrected chi connectivity index (χ0v) is 13.7. The smallest absolute Gasteiger partial charge is 0.00426 e. The number of thiol groups is 2. The Balaban J connectivity index is 0.000000173. The molecule has 0 aromatic heterocycles. The Morgan fingerprint density at radius 3 is 1.71 bits per heavy atom. The van der Waals surface area contributed by atoms with Crippen LogP contribution in [0.1, 0.15) is 5.56 Å². The normalized spacial score (nSPS) is 9.67. The van der Waals surface area contributed by atoms with E-state index in [9.17, 15) is 0 Å². The summed E-state index contributed by atoms with van der Waals surface area (Å²) >= 11 is 8.40. The molecular formula is C19H18S2. The first-order chi connectivity index (χ1) is 10.1. The van der Waals surface area contributed by atoms with Crippen molar-refractivity contribution in [1.82, 2.24) is 0 Å². The summed E-state index contributed by atoms with van der Waals surface area (Å²) in [7, 11) is 0. The molecule has 0 atom stereocenters. The second-order valence-electron chi connectivity index (χ2n) is 4.75. The van der Waals surface area contributed by atoms with Gasteiger partial charge in [0.2, 0.25) is 0 Å². The van der Waals surface area contributed by atoms with Crippen LogP contribution in [0.4, 0.5) is 0 Å². The SMILES string of the molecule is Cc1cccc(S)c1.Sc1ccc(-c2ccccc2)cc1. The van der Waals surface area contributed by atoms with Crippen LogP contribution in [0.15, 0.2) is 88.7 Å². The van der Waals surface area contributed by atoms with Crippen LogP contribution in [0.3, 0.4) is 0 Å². The lowest BCUT2D eigenvalue weighted by molar-refractivity contribution is 1.37. The van der Waals surface area contributed by atoms with Crippen molar-refractivity contribution in [3.05, 3.63) is 84.4 Å². The molecule has 0 radical (unpaired) electrons. The third-order valence-corrected chi connectivity index (χ3v) is 3.55. The van der Waals surface area contributed by atoms with Crippen LogP contribution >= 0.6 is 25.3 Å². The van der Waals surface area contributed by atoms with Crippen molar-refractivity contribution >= 4 is 25.3 Å². The van der Waals surface area contributed by atoms with Crippen molar-refractivity contribution in [1.29, 1.82) is 0 Å². The Kier molecular flexibility index (Phi) is 5.97. The van der Waals surface area contributed by atoms with Crippen molar-refractivity contribution in [2.45, 2.75) is 16.7 Å². The second-order valence-corrected chi connectivity index (χ2v) is 5.78. The Hall–Kier alpha value is -1.64. The van der Waals surface area contributed by atoms with Crippen molar-refractivity contribution in [2.75, 3.05) is 0 Å². The molecule has 0 amide bonds. The van der Waals surface area contributed by atoms with Gasteiger partial charge in [0.15, 0.2) is 0 Å². The molecule has 0 spiro atoms. The zero-order chi connectivity index (χ0) is 15.1. The predicted octanol–water partition coefficient (Wildman–Crippen LogP) is 5.93.